The van der Waals surface area contributed by atoms with Crippen LogP contribution in [0.5, 0.6) is 5.75 Å². The number of hydrogen-bond donors (Lipinski definition) is 1. The van der Waals surface area contributed by atoms with Gasteiger partial charge in [-0.25, -0.2) is 0 Å². The molecule has 0 heterocycles. The number of aliphatic hydroxyl groups is 1. The topological polar surface area (TPSA) is 88.1 Å². The van der Waals surface area contributed by atoms with E-state index in [1.807, 2.05) is 66.7 Å². The minimum absolute atomic E-state index is 0.178. The van der Waals surface area contributed by atoms with Crippen LogP contribution in [-0.4, -0.2) is 11.2 Å². The maximum atomic E-state index is 11.9. The van der Waals surface area contributed by atoms with Crippen LogP contribution in [0.3, 0.4) is 0 Å². The highest BCUT2D eigenvalue weighted by Crippen LogP contribution is 2.41. The van der Waals surface area contributed by atoms with Gasteiger partial charge < -0.3 is 23.8 Å². The van der Waals surface area contributed by atoms with E-state index in [0.717, 1.165) is 16.7 Å². The Hall–Kier alpha value is -2.47. The molecule has 1 unspecified atom stereocenters. The lowest BCUT2D eigenvalue weighted by Gasteiger charge is -2.24. The molecule has 6 nitrogen and oxygen atoms in total. The summed E-state index contributed by atoms with van der Waals surface area (Å²) in [6, 6.07) is 22.9. The maximum Gasteiger partial charge on any atom is 0.268 e. The lowest BCUT2D eigenvalue weighted by Crippen LogP contribution is -2.12. The summed E-state index contributed by atoms with van der Waals surface area (Å²) in [5, 5.41) is 9.64. The molecule has 3 aromatic carbocycles. The Morgan fingerprint density at radius 3 is 2.32 bits per heavy atom. The molecule has 7 heteroatoms. The molecule has 0 radical (unpaired) electrons. The Balaban J connectivity index is 1.77. The van der Waals surface area contributed by atoms with Crippen molar-refractivity contribution in [2.24, 2.45) is 0 Å². The smallest absolute Gasteiger partial charge is 0.268 e. The lowest BCUT2D eigenvalue weighted by atomic mass is 10.00. The third-order valence-corrected chi connectivity index (χ3v) is 5.51. The van der Waals surface area contributed by atoms with Crippen molar-refractivity contribution in [2.75, 3.05) is 0 Å². The van der Waals surface area contributed by atoms with Crippen molar-refractivity contribution in [2.45, 2.75) is 39.8 Å². The first kappa shape index (κ1) is 23.2. The molecule has 0 aromatic heterocycles. The van der Waals surface area contributed by atoms with Gasteiger partial charge in [-0.15, -0.1) is 0 Å². The number of aliphatic hydroxyl groups excluding tert-OH is 1. The summed E-state index contributed by atoms with van der Waals surface area (Å²) in [7, 11) is -4.40. The van der Waals surface area contributed by atoms with Gasteiger partial charge >= 0.3 is 0 Å². The first-order chi connectivity index (χ1) is 14.8. The lowest BCUT2D eigenvalue weighted by molar-refractivity contribution is -0.229. The molecule has 3 aromatic rings. The van der Waals surface area contributed by atoms with Crippen LogP contribution < -0.4 is 9.63 Å². The fraction of sp³-hybridized carbons (Fsp3) is 0.250. The van der Waals surface area contributed by atoms with E-state index in [1.54, 1.807) is 19.9 Å². The van der Waals surface area contributed by atoms with Crippen molar-refractivity contribution < 1.29 is 28.3 Å². The highest BCUT2D eigenvalue weighted by molar-refractivity contribution is 7.45. The van der Waals surface area contributed by atoms with Crippen molar-refractivity contribution in [1.29, 1.82) is 0 Å². The average Bonchev–Trinajstić information content (AvgIpc) is 2.76. The molecule has 1 atom stereocenters. The Labute approximate surface area is 182 Å². The van der Waals surface area contributed by atoms with Crippen LogP contribution in [-0.2, 0) is 33.4 Å². The SMILES string of the molecule is CC(C)OP(=O)([O-])OCc1cc(CO)cc(-c2cccc(OCc3ccccc3)c2)c1. The number of phosphoric ester groups is 1. The zero-order valence-corrected chi connectivity index (χ0v) is 18.5. The van der Waals surface area contributed by atoms with Crippen molar-refractivity contribution in [3.63, 3.8) is 0 Å². The van der Waals surface area contributed by atoms with Gasteiger partial charge in [-0.05, 0) is 65.9 Å². The summed E-state index contributed by atoms with van der Waals surface area (Å²) in [5.41, 5.74) is 4.03. The van der Waals surface area contributed by atoms with Crippen LogP contribution in [0, 0.1) is 0 Å². The van der Waals surface area contributed by atoms with Gasteiger partial charge in [0.05, 0.1) is 19.3 Å². The highest BCUT2D eigenvalue weighted by atomic mass is 31.2. The second-order valence-corrected chi connectivity index (χ2v) is 8.74. The van der Waals surface area contributed by atoms with E-state index in [9.17, 15) is 14.6 Å². The number of ether oxygens (including phenoxy) is 1. The van der Waals surface area contributed by atoms with Crippen molar-refractivity contribution in [3.05, 3.63) is 89.5 Å². The fourth-order valence-corrected chi connectivity index (χ4v) is 3.94. The van der Waals surface area contributed by atoms with E-state index < -0.39 is 13.9 Å². The predicted molar refractivity (Wildman–Crippen MR) is 117 cm³/mol. The first-order valence-corrected chi connectivity index (χ1v) is 11.5. The molecule has 31 heavy (non-hydrogen) atoms. The second-order valence-electron chi connectivity index (χ2n) is 7.37. The zero-order chi connectivity index (χ0) is 22.3. The summed E-state index contributed by atoms with van der Waals surface area (Å²) in [6.07, 6.45) is -0.499. The van der Waals surface area contributed by atoms with Gasteiger partial charge in [0.15, 0.2) is 0 Å². The third-order valence-electron chi connectivity index (χ3n) is 4.38. The third kappa shape index (κ3) is 7.31. The molecule has 0 spiro atoms. The standard InChI is InChI=1S/C24H27O6P/c1-18(2)30-31(26,27)29-17-21-11-20(15-25)12-23(13-21)22-9-6-10-24(14-22)28-16-19-7-4-3-5-8-19/h3-14,18,25H,15-17H2,1-2H3,(H,26,27)/p-1. The molecule has 0 aliphatic carbocycles. The van der Waals surface area contributed by atoms with Gasteiger partial charge in [0, 0.05) is 0 Å². The predicted octanol–water partition coefficient (Wildman–Crippen LogP) is 4.83. The normalized spacial score (nSPS) is 13.2. The maximum absolute atomic E-state index is 11.9. The van der Waals surface area contributed by atoms with Crippen LogP contribution in [0.25, 0.3) is 11.1 Å². The molecule has 0 amide bonds. The van der Waals surface area contributed by atoms with Gasteiger partial charge in [0.2, 0.25) is 0 Å². The second kappa shape index (κ2) is 10.7. The highest BCUT2D eigenvalue weighted by Gasteiger charge is 2.13. The Kier molecular flexibility index (Phi) is 8.02. The van der Waals surface area contributed by atoms with Crippen molar-refractivity contribution in [3.8, 4) is 16.9 Å². The minimum atomic E-state index is -4.40. The van der Waals surface area contributed by atoms with E-state index in [2.05, 4.69) is 0 Å². The molecule has 1 N–H and O–H groups in total. The number of benzene rings is 3. The molecular weight excluding hydrogens is 415 g/mol. The van der Waals surface area contributed by atoms with Crippen LogP contribution in [0.1, 0.15) is 30.5 Å². The quantitative estimate of drug-likeness (QED) is 0.453. The molecular formula is C24H26O6P-. The summed E-state index contributed by atoms with van der Waals surface area (Å²) >= 11 is 0. The van der Waals surface area contributed by atoms with Crippen LogP contribution in [0.4, 0.5) is 0 Å². The van der Waals surface area contributed by atoms with E-state index in [-0.39, 0.29) is 13.2 Å². The molecule has 0 aliphatic rings. The van der Waals surface area contributed by atoms with E-state index >= 15 is 0 Å². The Morgan fingerprint density at radius 2 is 1.61 bits per heavy atom. The minimum Gasteiger partial charge on any atom is -0.756 e. The summed E-state index contributed by atoms with van der Waals surface area (Å²) in [6.45, 7) is 3.33. The van der Waals surface area contributed by atoms with Crippen LogP contribution >= 0.6 is 7.82 Å². The molecule has 164 valence electrons. The molecule has 0 saturated heterocycles. The van der Waals surface area contributed by atoms with E-state index in [1.165, 1.54) is 0 Å². The molecule has 0 bridgehead atoms. The molecule has 0 saturated carbocycles. The molecule has 0 aliphatic heterocycles. The van der Waals surface area contributed by atoms with Gasteiger partial charge in [-0.3, -0.25) is 4.57 Å². The van der Waals surface area contributed by atoms with E-state index in [4.69, 9.17) is 13.8 Å². The zero-order valence-electron chi connectivity index (χ0n) is 17.6. The van der Waals surface area contributed by atoms with Gasteiger partial charge in [0.25, 0.3) is 7.82 Å². The summed E-state index contributed by atoms with van der Waals surface area (Å²) in [5.74, 6) is 0.711. The van der Waals surface area contributed by atoms with E-state index in [0.29, 0.717) is 23.5 Å². The fourth-order valence-electron chi connectivity index (χ4n) is 3.05. The molecule has 3 rings (SSSR count). The van der Waals surface area contributed by atoms with Gasteiger partial charge in [-0.2, -0.15) is 0 Å². The van der Waals surface area contributed by atoms with Crippen LogP contribution in [0.15, 0.2) is 72.8 Å². The van der Waals surface area contributed by atoms with Crippen molar-refractivity contribution >= 4 is 7.82 Å². The number of rotatable bonds is 10. The summed E-state index contributed by atoms with van der Waals surface area (Å²) < 4.78 is 27.6. The van der Waals surface area contributed by atoms with Gasteiger partial charge in [0.1, 0.15) is 12.4 Å². The van der Waals surface area contributed by atoms with Crippen LogP contribution in [0.2, 0.25) is 0 Å². The Morgan fingerprint density at radius 1 is 0.871 bits per heavy atom. The number of hydrogen-bond acceptors (Lipinski definition) is 6. The summed E-state index contributed by atoms with van der Waals surface area (Å²) in [4.78, 5) is 11.9. The monoisotopic (exact) mass is 441 g/mol. The van der Waals surface area contributed by atoms with Crippen molar-refractivity contribution in [1.82, 2.24) is 0 Å². The first-order valence-electron chi connectivity index (χ1n) is 9.99. The average molecular weight is 441 g/mol. The molecule has 0 fully saturated rings. The Bertz CT molecular complexity index is 1040. The number of phosphoric acid groups is 1. The largest absolute Gasteiger partial charge is 0.756 e. The van der Waals surface area contributed by atoms with Gasteiger partial charge in [-0.1, -0.05) is 48.5 Å².